The molecule has 0 radical (unpaired) electrons. The molecular formula is C15H27NOS. The van der Waals surface area contributed by atoms with Gasteiger partial charge >= 0.3 is 0 Å². The number of rotatable bonds is 5. The molecule has 3 rings (SSSR count). The van der Waals surface area contributed by atoms with Gasteiger partial charge < -0.3 is 10.1 Å². The fraction of sp³-hybridized carbons (Fsp3) is 1.00. The van der Waals surface area contributed by atoms with E-state index in [9.17, 15) is 0 Å². The van der Waals surface area contributed by atoms with Crippen molar-refractivity contribution in [2.24, 2.45) is 5.41 Å². The summed E-state index contributed by atoms with van der Waals surface area (Å²) in [6.45, 7) is 4.25. The molecule has 1 N–H and O–H groups in total. The third-order valence-corrected chi connectivity index (χ3v) is 6.70. The third-order valence-electron chi connectivity index (χ3n) is 5.30. The Balaban J connectivity index is 1.46. The SMILES string of the molecule is CCOC1CC(NCC2CCCCS2)C12CCC2. The first-order valence-electron chi connectivity index (χ1n) is 7.82. The molecule has 0 aromatic heterocycles. The van der Waals surface area contributed by atoms with Gasteiger partial charge in [-0.25, -0.2) is 0 Å². The van der Waals surface area contributed by atoms with Gasteiger partial charge in [-0.1, -0.05) is 12.8 Å². The van der Waals surface area contributed by atoms with Crippen LogP contribution in [0, 0.1) is 5.41 Å². The van der Waals surface area contributed by atoms with Crippen LogP contribution in [0.4, 0.5) is 0 Å². The highest BCUT2D eigenvalue weighted by molar-refractivity contribution is 7.99. The summed E-state index contributed by atoms with van der Waals surface area (Å²) in [4.78, 5) is 0. The van der Waals surface area contributed by atoms with Gasteiger partial charge in [-0.2, -0.15) is 11.8 Å². The molecule has 1 heterocycles. The van der Waals surface area contributed by atoms with Crippen LogP contribution in [0.2, 0.25) is 0 Å². The molecule has 0 amide bonds. The molecule has 0 aromatic rings. The first-order chi connectivity index (χ1) is 8.85. The lowest BCUT2D eigenvalue weighted by Crippen LogP contribution is -2.67. The Morgan fingerprint density at radius 3 is 2.78 bits per heavy atom. The highest BCUT2D eigenvalue weighted by atomic mass is 32.2. The molecule has 2 aliphatic carbocycles. The topological polar surface area (TPSA) is 21.3 Å². The van der Waals surface area contributed by atoms with E-state index in [1.807, 2.05) is 0 Å². The van der Waals surface area contributed by atoms with Crippen LogP contribution in [0.1, 0.15) is 51.9 Å². The van der Waals surface area contributed by atoms with E-state index in [1.165, 1.54) is 57.2 Å². The standard InChI is InChI=1S/C15H27NOS/c1-2-17-14-10-13(15(14)7-5-8-15)16-11-12-6-3-4-9-18-12/h12-14,16H,2-11H2,1H3. The maximum atomic E-state index is 5.91. The average Bonchev–Trinajstić information content (AvgIpc) is 2.32. The Morgan fingerprint density at radius 1 is 1.28 bits per heavy atom. The number of thioether (sulfide) groups is 1. The summed E-state index contributed by atoms with van der Waals surface area (Å²) in [5.41, 5.74) is 0.537. The second-order valence-electron chi connectivity index (χ2n) is 6.22. The van der Waals surface area contributed by atoms with E-state index in [2.05, 4.69) is 24.0 Å². The van der Waals surface area contributed by atoms with Crippen molar-refractivity contribution in [3.8, 4) is 0 Å². The largest absolute Gasteiger partial charge is 0.378 e. The van der Waals surface area contributed by atoms with Crippen molar-refractivity contribution in [3.63, 3.8) is 0 Å². The lowest BCUT2D eigenvalue weighted by Gasteiger charge is -2.61. The normalized spacial score (nSPS) is 38.2. The smallest absolute Gasteiger partial charge is 0.0661 e. The highest BCUT2D eigenvalue weighted by Crippen LogP contribution is 2.57. The van der Waals surface area contributed by atoms with Gasteiger partial charge in [0.2, 0.25) is 0 Å². The number of hydrogen-bond acceptors (Lipinski definition) is 3. The first-order valence-corrected chi connectivity index (χ1v) is 8.86. The summed E-state index contributed by atoms with van der Waals surface area (Å²) in [7, 11) is 0. The third kappa shape index (κ3) is 2.34. The fourth-order valence-electron chi connectivity index (χ4n) is 3.97. The molecule has 3 aliphatic rings. The maximum Gasteiger partial charge on any atom is 0.0661 e. The zero-order valence-corrected chi connectivity index (χ0v) is 12.4. The molecule has 3 heteroatoms. The van der Waals surface area contributed by atoms with E-state index in [-0.39, 0.29) is 0 Å². The molecule has 2 nitrogen and oxygen atoms in total. The van der Waals surface area contributed by atoms with Crippen molar-refractivity contribution in [3.05, 3.63) is 0 Å². The Labute approximate surface area is 116 Å². The van der Waals surface area contributed by atoms with Crippen LogP contribution >= 0.6 is 11.8 Å². The summed E-state index contributed by atoms with van der Waals surface area (Å²) in [5.74, 6) is 1.38. The Bertz CT molecular complexity index is 274. The van der Waals surface area contributed by atoms with Crippen molar-refractivity contribution in [2.45, 2.75) is 69.3 Å². The van der Waals surface area contributed by atoms with Crippen molar-refractivity contribution in [1.29, 1.82) is 0 Å². The summed E-state index contributed by atoms with van der Waals surface area (Å²) in [5, 5.41) is 4.75. The van der Waals surface area contributed by atoms with Crippen LogP contribution in [0.25, 0.3) is 0 Å². The molecule has 0 bridgehead atoms. The van der Waals surface area contributed by atoms with Crippen molar-refractivity contribution in [2.75, 3.05) is 18.9 Å². The van der Waals surface area contributed by atoms with Gasteiger partial charge in [-0.3, -0.25) is 0 Å². The molecule has 2 saturated carbocycles. The summed E-state index contributed by atoms with van der Waals surface area (Å²) < 4.78 is 5.91. The monoisotopic (exact) mass is 269 g/mol. The first kappa shape index (κ1) is 13.3. The fourth-order valence-corrected chi connectivity index (χ4v) is 5.22. The number of hydrogen-bond donors (Lipinski definition) is 1. The van der Waals surface area contributed by atoms with E-state index in [1.54, 1.807) is 0 Å². The van der Waals surface area contributed by atoms with Crippen molar-refractivity contribution >= 4 is 11.8 Å². The molecule has 0 aromatic carbocycles. The minimum atomic E-state index is 0.537. The molecular weight excluding hydrogens is 242 g/mol. The zero-order valence-electron chi connectivity index (χ0n) is 11.6. The summed E-state index contributed by atoms with van der Waals surface area (Å²) >= 11 is 2.18. The second-order valence-corrected chi connectivity index (χ2v) is 7.62. The van der Waals surface area contributed by atoms with E-state index in [4.69, 9.17) is 4.74 Å². The van der Waals surface area contributed by atoms with Crippen LogP contribution in [-0.2, 0) is 4.74 Å². The summed E-state index contributed by atoms with van der Waals surface area (Å²) in [6, 6.07) is 0.755. The molecule has 3 unspecified atom stereocenters. The van der Waals surface area contributed by atoms with Crippen LogP contribution in [-0.4, -0.2) is 36.3 Å². The Morgan fingerprint density at radius 2 is 2.17 bits per heavy atom. The van der Waals surface area contributed by atoms with Gasteiger partial charge in [0.1, 0.15) is 0 Å². The molecule has 1 saturated heterocycles. The number of nitrogens with one attached hydrogen (secondary N) is 1. The maximum absolute atomic E-state index is 5.91. The van der Waals surface area contributed by atoms with Crippen LogP contribution < -0.4 is 5.32 Å². The quantitative estimate of drug-likeness (QED) is 0.828. The molecule has 104 valence electrons. The van der Waals surface area contributed by atoms with Gasteiger partial charge in [-0.15, -0.1) is 0 Å². The Hall–Kier alpha value is 0.270. The van der Waals surface area contributed by atoms with E-state index >= 15 is 0 Å². The minimum Gasteiger partial charge on any atom is -0.378 e. The minimum absolute atomic E-state index is 0.537. The van der Waals surface area contributed by atoms with Crippen LogP contribution in [0.5, 0.6) is 0 Å². The van der Waals surface area contributed by atoms with Gasteiger partial charge in [0.25, 0.3) is 0 Å². The Kier molecular flexibility index (Phi) is 4.21. The van der Waals surface area contributed by atoms with Gasteiger partial charge in [0.15, 0.2) is 0 Å². The predicted octanol–water partition coefficient (Wildman–Crippen LogP) is 3.21. The zero-order chi connectivity index (χ0) is 12.4. The molecule has 1 spiro atoms. The number of ether oxygens (including phenoxy) is 1. The molecule has 1 aliphatic heterocycles. The lowest BCUT2D eigenvalue weighted by atomic mass is 9.51. The van der Waals surface area contributed by atoms with Crippen LogP contribution in [0.15, 0.2) is 0 Å². The van der Waals surface area contributed by atoms with Gasteiger partial charge in [0, 0.05) is 29.9 Å². The van der Waals surface area contributed by atoms with E-state index < -0.39 is 0 Å². The van der Waals surface area contributed by atoms with Crippen molar-refractivity contribution in [1.82, 2.24) is 5.32 Å². The van der Waals surface area contributed by atoms with E-state index in [0.29, 0.717) is 11.5 Å². The lowest BCUT2D eigenvalue weighted by molar-refractivity contribution is -0.172. The average molecular weight is 269 g/mol. The molecule has 3 fully saturated rings. The van der Waals surface area contributed by atoms with Gasteiger partial charge in [0.05, 0.1) is 6.10 Å². The predicted molar refractivity (Wildman–Crippen MR) is 78.2 cm³/mol. The van der Waals surface area contributed by atoms with Crippen LogP contribution in [0.3, 0.4) is 0 Å². The second kappa shape index (κ2) is 5.72. The van der Waals surface area contributed by atoms with Gasteiger partial charge in [-0.05, 0) is 44.8 Å². The highest BCUT2D eigenvalue weighted by Gasteiger charge is 2.58. The molecule has 3 atom stereocenters. The van der Waals surface area contributed by atoms with E-state index in [0.717, 1.165) is 17.9 Å². The molecule has 18 heavy (non-hydrogen) atoms. The van der Waals surface area contributed by atoms with Crippen molar-refractivity contribution < 1.29 is 4.74 Å². The summed E-state index contributed by atoms with van der Waals surface area (Å²) in [6.07, 6.45) is 10.3.